The molecule has 0 radical (unpaired) electrons. The predicted molar refractivity (Wildman–Crippen MR) is 46.3 cm³/mol. The van der Waals surface area contributed by atoms with Crippen molar-refractivity contribution >= 4 is 0 Å². The molecular formula is C9H9FN2O2. The third-order valence-electron chi connectivity index (χ3n) is 1.46. The Bertz CT molecular complexity index is 349. The number of methoxy groups -OCH3 is 1. The average molecular weight is 196 g/mol. The second-order valence-electron chi connectivity index (χ2n) is 2.46. The fraction of sp³-hybridized carbons (Fsp3) is 0.333. The van der Waals surface area contributed by atoms with Gasteiger partial charge in [-0.3, -0.25) is 0 Å². The average Bonchev–Trinajstić information content (AvgIpc) is 2.20. The monoisotopic (exact) mass is 196 g/mol. The van der Waals surface area contributed by atoms with Gasteiger partial charge >= 0.3 is 0 Å². The summed E-state index contributed by atoms with van der Waals surface area (Å²) in [6, 6.07) is 2.86. The first-order chi connectivity index (χ1) is 6.77. The Kier molecular flexibility index (Phi) is 3.83. The second-order valence-corrected chi connectivity index (χ2v) is 2.46. The number of ether oxygens (including phenoxy) is 2. The second kappa shape index (κ2) is 5.14. The van der Waals surface area contributed by atoms with Crippen molar-refractivity contribution in [1.29, 1.82) is 5.26 Å². The molecule has 1 aromatic heterocycles. The first-order valence-electron chi connectivity index (χ1n) is 3.95. The lowest BCUT2D eigenvalue weighted by atomic mass is 10.3. The highest BCUT2D eigenvalue weighted by Gasteiger charge is 2.05. The van der Waals surface area contributed by atoms with Gasteiger partial charge in [0, 0.05) is 13.3 Å². The van der Waals surface area contributed by atoms with E-state index in [4.69, 9.17) is 14.7 Å². The van der Waals surface area contributed by atoms with Crippen LogP contribution in [-0.2, 0) is 4.74 Å². The maximum atomic E-state index is 13.1. The minimum atomic E-state index is -0.639. The highest BCUT2D eigenvalue weighted by molar-refractivity contribution is 5.29. The molecule has 4 nitrogen and oxygen atoms in total. The van der Waals surface area contributed by atoms with E-state index in [1.165, 1.54) is 13.3 Å². The molecule has 0 saturated heterocycles. The van der Waals surface area contributed by atoms with Crippen molar-refractivity contribution in [2.45, 2.75) is 0 Å². The maximum absolute atomic E-state index is 13.1. The van der Waals surface area contributed by atoms with Crippen LogP contribution in [0.15, 0.2) is 12.3 Å². The predicted octanol–water partition coefficient (Wildman–Crippen LogP) is 1.12. The van der Waals surface area contributed by atoms with Gasteiger partial charge in [0.25, 0.3) is 5.88 Å². The topological polar surface area (TPSA) is 55.1 Å². The van der Waals surface area contributed by atoms with E-state index in [1.807, 2.05) is 0 Å². The number of pyridine rings is 1. The van der Waals surface area contributed by atoms with Gasteiger partial charge in [-0.1, -0.05) is 0 Å². The number of rotatable bonds is 4. The van der Waals surface area contributed by atoms with Gasteiger partial charge in [0.1, 0.15) is 12.7 Å². The molecule has 0 amide bonds. The maximum Gasteiger partial charge on any atom is 0.250 e. The molecule has 1 rings (SSSR count). The zero-order chi connectivity index (χ0) is 10.4. The first-order valence-corrected chi connectivity index (χ1v) is 3.95. The molecule has 0 aromatic carbocycles. The quantitative estimate of drug-likeness (QED) is 0.677. The lowest BCUT2D eigenvalue weighted by Gasteiger charge is -2.04. The molecule has 1 aromatic rings. The number of nitriles is 1. The van der Waals surface area contributed by atoms with Crippen molar-refractivity contribution < 1.29 is 13.9 Å². The standard InChI is InChI=1S/C9H9FN2O2/c1-13-2-3-14-9-8(10)4-7(5-11)6-12-9/h4,6H,2-3H2,1H3. The molecule has 0 atom stereocenters. The van der Waals surface area contributed by atoms with Crippen molar-refractivity contribution in [1.82, 2.24) is 4.98 Å². The van der Waals surface area contributed by atoms with Crippen molar-refractivity contribution in [3.05, 3.63) is 23.6 Å². The van der Waals surface area contributed by atoms with Gasteiger partial charge in [-0.05, 0) is 6.07 Å². The number of aromatic nitrogens is 1. The van der Waals surface area contributed by atoms with Crippen molar-refractivity contribution in [2.24, 2.45) is 0 Å². The van der Waals surface area contributed by atoms with E-state index in [1.54, 1.807) is 6.07 Å². The van der Waals surface area contributed by atoms with E-state index >= 15 is 0 Å². The van der Waals surface area contributed by atoms with Crippen LogP contribution in [0.1, 0.15) is 5.56 Å². The highest BCUT2D eigenvalue weighted by Crippen LogP contribution is 2.13. The Morgan fingerprint density at radius 1 is 1.57 bits per heavy atom. The Labute approximate surface area is 80.9 Å². The van der Waals surface area contributed by atoms with Crippen LogP contribution >= 0.6 is 0 Å². The van der Waals surface area contributed by atoms with Gasteiger partial charge in [0.2, 0.25) is 0 Å². The molecular weight excluding hydrogens is 187 g/mol. The summed E-state index contributed by atoms with van der Waals surface area (Å²) in [4.78, 5) is 3.65. The van der Waals surface area contributed by atoms with Gasteiger partial charge < -0.3 is 9.47 Å². The van der Waals surface area contributed by atoms with Gasteiger partial charge in [-0.15, -0.1) is 0 Å². The van der Waals surface area contributed by atoms with E-state index in [9.17, 15) is 4.39 Å². The third kappa shape index (κ3) is 2.68. The van der Waals surface area contributed by atoms with E-state index in [-0.39, 0.29) is 18.1 Å². The van der Waals surface area contributed by atoms with Crippen LogP contribution in [0.5, 0.6) is 5.88 Å². The molecule has 0 aliphatic heterocycles. The Morgan fingerprint density at radius 2 is 2.36 bits per heavy atom. The zero-order valence-corrected chi connectivity index (χ0v) is 7.66. The molecule has 0 saturated carbocycles. The molecule has 0 unspecified atom stereocenters. The minimum absolute atomic E-state index is 0.110. The van der Waals surface area contributed by atoms with Crippen LogP contribution in [0.2, 0.25) is 0 Å². The SMILES string of the molecule is COCCOc1ncc(C#N)cc1F. The molecule has 1 heterocycles. The molecule has 0 aliphatic rings. The fourth-order valence-electron chi connectivity index (χ4n) is 0.814. The summed E-state index contributed by atoms with van der Waals surface area (Å²) in [5, 5.41) is 8.45. The van der Waals surface area contributed by atoms with Gasteiger partial charge in [-0.2, -0.15) is 5.26 Å². The van der Waals surface area contributed by atoms with Crippen LogP contribution in [-0.4, -0.2) is 25.3 Å². The number of hydrogen-bond acceptors (Lipinski definition) is 4. The molecule has 0 spiro atoms. The number of nitrogens with zero attached hydrogens (tertiary/aromatic N) is 2. The number of hydrogen-bond donors (Lipinski definition) is 0. The van der Waals surface area contributed by atoms with E-state index < -0.39 is 5.82 Å². The van der Waals surface area contributed by atoms with E-state index in [0.717, 1.165) is 6.07 Å². The van der Waals surface area contributed by atoms with Crippen LogP contribution in [0.25, 0.3) is 0 Å². The fourth-order valence-corrected chi connectivity index (χ4v) is 0.814. The van der Waals surface area contributed by atoms with Crippen LogP contribution in [0.3, 0.4) is 0 Å². The van der Waals surface area contributed by atoms with Crippen molar-refractivity contribution in [2.75, 3.05) is 20.3 Å². The van der Waals surface area contributed by atoms with Crippen LogP contribution in [0.4, 0.5) is 4.39 Å². The number of halogens is 1. The summed E-state index contributed by atoms with van der Waals surface area (Å²) in [7, 11) is 1.52. The minimum Gasteiger partial charge on any atom is -0.473 e. The largest absolute Gasteiger partial charge is 0.473 e. The van der Waals surface area contributed by atoms with Crippen LogP contribution < -0.4 is 4.74 Å². The summed E-state index contributed by atoms with van der Waals surface area (Å²) in [5.41, 5.74) is 0.168. The normalized spacial score (nSPS) is 9.50. The van der Waals surface area contributed by atoms with E-state index in [2.05, 4.69) is 4.98 Å². The molecule has 0 N–H and O–H groups in total. The van der Waals surface area contributed by atoms with E-state index in [0.29, 0.717) is 6.61 Å². The summed E-state index contributed by atoms with van der Waals surface area (Å²) in [6.07, 6.45) is 1.26. The lowest BCUT2D eigenvalue weighted by molar-refractivity contribution is 0.141. The molecule has 0 fully saturated rings. The van der Waals surface area contributed by atoms with Crippen molar-refractivity contribution in [3.8, 4) is 11.9 Å². The summed E-state index contributed by atoms with van der Waals surface area (Å²) in [6.45, 7) is 0.591. The molecule has 5 heteroatoms. The first kappa shape index (κ1) is 10.4. The molecule has 0 aliphatic carbocycles. The molecule has 14 heavy (non-hydrogen) atoms. The van der Waals surface area contributed by atoms with Crippen LogP contribution in [0, 0.1) is 17.1 Å². The van der Waals surface area contributed by atoms with Gasteiger partial charge in [-0.25, -0.2) is 9.37 Å². The lowest BCUT2D eigenvalue weighted by Crippen LogP contribution is -2.06. The highest BCUT2D eigenvalue weighted by atomic mass is 19.1. The smallest absolute Gasteiger partial charge is 0.250 e. The zero-order valence-electron chi connectivity index (χ0n) is 7.66. The Balaban J connectivity index is 2.65. The van der Waals surface area contributed by atoms with Crippen molar-refractivity contribution in [3.63, 3.8) is 0 Å². The molecule has 0 bridgehead atoms. The third-order valence-corrected chi connectivity index (χ3v) is 1.46. The molecule has 74 valence electrons. The summed E-state index contributed by atoms with van der Waals surface area (Å²) >= 11 is 0. The van der Waals surface area contributed by atoms with Gasteiger partial charge in [0.05, 0.1) is 12.2 Å². The Hall–Kier alpha value is -1.67. The summed E-state index contributed by atoms with van der Waals surface area (Å²) in [5.74, 6) is -0.749. The van der Waals surface area contributed by atoms with Gasteiger partial charge in [0.15, 0.2) is 5.82 Å². The summed E-state index contributed by atoms with van der Waals surface area (Å²) < 4.78 is 22.8. The Morgan fingerprint density at radius 3 is 2.93 bits per heavy atom.